The van der Waals surface area contributed by atoms with Gasteiger partial charge in [0.1, 0.15) is 11.6 Å². The average molecular weight is 282 g/mol. The van der Waals surface area contributed by atoms with Crippen LogP contribution in [-0.4, -0.2) is 30.9 Å². The number of benzene rings is 1. The SMILES string of the molecule is C[C@H](c1cc(F)ccc1F)N(C)C(=O)C[C@@H]1CCNC1. The predicted molar refractivity (Wildman–Crippen MR) is 73.1 cm³/mol. The maximum absolute atomic E-state index is 13.7. The van der Waals surface area contributed by atoms with Gasteiger partial charge in [0, 0.05) is 19.0 Å². The largest absolute Gasteiger partial charge is 0.339 e. The second kappa shape index (κ2) is 6.31. The summed E-state index contributed by atoms with van der Waals surface area (Å²) in [6.45, 7) is 3.50. The van der Waals surface area contributed by atoms with Crippen LogP contribution in [0.4, 0.5) is 8.78 Å². The Morgan fingerprint density at radius 2 is 2.25 bits per heavy atom. The Bertz CT molecular complexity index is 487. The molecule has 0 unspecified atom stereocenters. The molecule has 20 heavy (non-hydrogen) atoms. The number of hydrogen-bond acceptors (Lipinski definition) is 2. The lowest BCUT2D eigenvalue weighted by Crippen LogP contribution is -2.32. The number of nitrogens with one attached hydrogen (secondary N) is 1. The van der Waals surface area contributed by atoms with E-state index in [0.29, 0.717) is 12.3 Å². The third-order valence-corrected chi connectivity index (χ3v) is 4.01. The Labute approximate surface area is 118 Å². The molecule has 110 valence electrons. The first-order chi connectivity index (χ1) is 9.49. The summed E-state index contributed by atoms with van der Waals surface area (Å²) in [5, 5.41) is 3.21. The quantitative estimate of drug-likeness (QED) is 0.920. The molecule has 0 spiro atoms. The Morgan fingerprint density at radius 3 is 2.90 bits per heavy atom. The van der Waals surface area contributed by atoms with Crippen molar-refractivity contribution in [3.63, 3.8) is 0 Å². The van der Waals surface area contributed by atoms with Gasteiger partial charge in [0.2, 0.25) is 5.91 Å². The molecule has 1 aliphatic heterocycles. The minimum absolute atomic E-state index is 0.0325. The number of amides is 1. The summed E-state index contributed by atoms with van der Waals surface area (Å²) in [5.74, 6) is -0.667. The average Bonchev–Trinajstić information content (AvgIpc) is 2.92. The minimum atomic E-state index is -0.492. The van der Waals surface area contributed by atoms with Gasteiger partial charge in [-0.05, 0) is 50.6 Å². The van der Waals surface area contributed by atoms with E-state index in [1.54, 1.807) is 14.0 Å². The van der Waals surface area contributed by atoms with E-state index in [2.05, 4.69) is 5.32 Å². The molecule has 0 saturated carbocycles. The van der Waals surface area contributed by atoms with Crippen LogP contribution in [0.15, 0.2) is 18.2 Å². The van der Waals surface area contributed by atoms with Gasteiger partial charge in [0.15, 0.2) is 0 Å². The standard InChI is InChI=1S/C15H20F2N2O/c1-10(13-8-12(16)3-4-14(13)17)19(2)15(20)7-11-5-6-18-9-11/h3-4,8,10-11,18H,5-7,9H2,1-2H3/t10-,11+/m1/s1. The van der Waals surface area contributed by atoms with E-state index in [-0.39, 0.29) is 11.5 Å². The van der Waals surface area contributed by atoms with Gasteiger partial charge in [-0.15, -0.1) is 0 Å². The van der Waals surface area contributed by atoms with Gasteiger partial charge in [-0.2, -0.15) is 0 Å². The van der Waals surface area contributed by atoms with Crippen LogP contribution in [-0.2, 0) is 4.79 Å². The Balaban J connectivity index is 2.05. The van der Waals surface area contributed by atoms with E-state index in [9.17, 15) is 13.6 Å². The van der Waals surface area contributed by atoms with Crippen molar-refractivity contribution in [2.45, 2.75) is 25.8 Å². The van der Waals surface area contributed by atoms with E-state index < -0.39 is 17.7 Å². The third kappa shape index (κ3) is 3.33. The number of hydrogen-bond donors (Lipinski definition) is 1. The van der Waals surface area contributed by atoms with Crippen LogP contribution in [0.3, 0.4) is 0 Å². The maximum atomic E-state index is 13.7. The Hall–Kier alpha value is -1.49. The second-order valence-electron chi connectivity index (χ2n) is 5.41. The minimum Gasteiger partial charge on any atom is -0.339 e. The number of nitrogens with zero attached hydrogens (tertiary/aromatic N) is 1. The second-order valence-corrected chi connectivity index (χ2v) is 5.41. The van der Waals surface area contributed by atoms with Crippen molar-refractivity contribution in [3.8, 4) is 0 Å². The molecule has 1 amide bonds. The molecular formula is C15H20F2N2O. The summed E-state index contributed by atoms with van der Waals surface area (Å²) in [6.07, 6.45) is 1.44. The molecule has 0 bridgehead atoms. The lowest BCUT2D eigenvalue weighted by atomic mass is 10.0. The molecule has 0 aliphatic carbocycles. The van der Waals surface area contributed by atoms with E-state index in [1.807, 2.05) is 0 Å². The van der Waals surface area contributed by atoms with Crippen molar-refractivity contribution >= 4 is 5.91 Å². The van der Waals surface area contributed by atoms with Crippen LogP contribution in [0, 0.1) is 17.6 Å². The molecule has 1 heterocycles. The van der Waals surface area contributed by atoms with Crippen molar-refractivity contribution in [3.05, 3.63) is 35.4 Å². The highest BCUT2D eigenvalue weighted by Crippen LogP contribution is 2.24. The summed E-state index contributed by atoms with van der Waals surface area (Å²) in [7, 11) is 1.64. The third-order valence-electron chi connectivity index (χ3n) is 4.01. The topological polar surface area (TPSA) is 32.3 Å². The van der Waals surface area contributed by atoms with Crippen LogP contribution >= 0.6 is 0 Å². The fourth-order valence-corrected chi connectivity index (χ4v) is 2.54. The van der Waals surface area contributed by atoms with Crippen LogP contribution in [0.2, 0.25) is 0 Å². The van der Waals surface area contributed by atoms with Crippen molar-refractivity contribution in [1.82, 2.24) is 10.2 Å². The molecule has 2 rings (SSSR count). The first kappa shape index (κ1) is 14.9. The first-order valence-electron chi connectivity index (χ1n) is 6.90. The maximum Gasteiger partial charge on any atom is 0.223 e. The van der Waals surface area contributed by atoms with E-state index >= 15 is 0 Å². The lowest BCUT2D eigenvalue weighted by molar-refractivity contribution is -0.132. The van der Waals surface area contributed by atoms with Gasteiger partial charge >= 0.3 is 0 Å². The highest BCUT2D eigenvalue weighted by atomic mass is 19.1. The molecule has 1 aromatic rings. The molecule has 1 N–H and O–H groups in total. The fourth-order valence-electron chi connectivity index (χ4n) is 2.54. The summed E-state index contributed by atoms with van der Waals surface area (Å²) in [4.78, 5) is 13.7. The molecule has 3 nitrogen and oxygen atoms in total. The van der Waals surface area contributed by atoms with Crippen molar-refractivity contribution in [2.24, 2.45) is 5.92 Å². The molecule has 1 aliphatic rings. The van der Waals surface area contributed by atoms with E-state index in [0.717, 1.165) is 37.7 Å². The van der Waals surface area contributed by atoms with Crippen molar-refractivity contribution < 1.29 is 13.6 Å². The lowest BCUT2D eigenvalue weighted by Gasteiger charge is -2.26. The number of halogens is 2. The van der Waals surface area contributed by atoms with Crippen molar-refractivity contribution in [1.29, 1.82) is 0 Å². The molecule has 0 aromatic heterocycles. The van der Waals surface area contributed by atoms with Gasteiger partial charge in [-0.3, -0.25) is 4.79 Å². The summed E-state index contributed by atoms with van der Waals surface area (Å²) >= 11 is 0. The molecular weight excluding hydrogens is 262 g/mol. The van der Waals surface area contributed by atoms with Gasteiger partial charge < -0.3 is 10.2 Å². The highest BCUT2D eigenvalue weighted by molar-refractivity contribution is 5.76. The first-order valence-corrected chi connectivity index (χ1v) is 6.90. The van der Waals surface area contributed by atoms with Crippen LogP contribution < -0.4 is 5.32 Å². The number of carbonyl (C=O) groups is 1. The summed E-state index contributed by atoms with van der Waals surface area (Å²) in [5.41, 5.74) is 0.213. The van der Waals surface area contributed by atoms with Crippen LogP contribution in [0.25, 0.3) is 0 Å². The number of carbonyl (C=O) groups excluding carboxylic acids is 1. The molecule has 1 aromatic carbocycles. The van der Waals surface area contributed by atoms with Crippen LogP contribution in [0.5, 0.6) is 0 Å². The predicted octanol–water partition coefficient (Wildman–Crippen LogP) is 2.48. The zero-order valence-electron chi connectivity index (χ0n) is 11.8. The zero-order chi connectivity index (χ0) is 14.7. The Kier molecular flexibility index (Phi) is 4.70. The molecule has 1 fully saturated rings. The van der Waals surface area contributed by atoms with Crippen LogP contribution in [0.1, 0.15) is 31.4 Å². The van der Waals surface area contributed by atoms with Crippen molar-refractivity contribution in [2.75, 3.05) is 20.1 Å². The van der Waals surface area contributed by atoms with Gasteiger partial charge in [-0.1, -0.05) is 0 Å². The normalized spacial score (nSPS) is 19.9. The summed E-state index contributed by atoms with van der Waals surface area (Å²) < 4.78 is 27.0. The van der Waals surface area contributed by atoms with Gasteiger partial charge in [0.05, 0.1) is 6.04 Å². The van der Waals surface area contributed by atoms with Gasteiger partial charge in [0.25, 0.3) is 0 Å². The van der Waals surface area contributed by atoms with E-state index in [1.165, 1.54) is 4.90 Å². The zero-order valence-corrected chi connectivity index (χ0v) is 11.8. The fraction of sp³-hybridized carbons (Fsp3) is 0.533. The molecule has 5 heteroatoms. The van der Waals surface area contributed by atoms with Gasteiger partial charge in [-0.25, -0.2) is 8.78 Å². The highest BCUT2D eigenvalue weighted by Gasteiger charge is 2.24. The number of rotatable bonds is 4. The van der Waals surface area contributed by atoms with E-state index in [4.69, 9.17) is 0 Å². The molecule has 0 radical (unpaired) electrons. The smallest absolute Gasteiger partial charge is 0.223 e. The monoisotopic (exact) mass is 282 g/mol. The Morgan fingerprint density at radius 1 is 1.50 bits per heavy atom. The molecule has 1 saturated heterocycles. The molecule has 2 atom stereocenters. The summed E-state index contributed by atoms with van der Waals surface area (Å²) in [6, 6.07) is 2.85.